The molecule has 1 rings (SSSR count). The third kappa shape index (κ3) is 3.00. The summed E-state index contributed by atoms with van der Waals surface area (Å²) in [4.78, 5) is 0. The maximum atomic E-state index is 5.31. The molecule has 0 aliphatic heterocycles. The van der Waals surface area contributed by atoms with E-state index in [1.807, 2.05) is 19.2 Å². The van der Waals surface area contributed by atoms with Crippen LogP contribution in [0.1, 0.15) is 12.5 Å². The predicted molar refractivity (Wildman–Crippen MR) is 62.9 cm³/mol. The van der Waals surface area contributed by atoms with Crippen LogP contribution in [0, 0.1) is 0 Å². The minimum absolute atomic E-state index is 0.463. The monoisotopic (exact) mass is 257 g/mol. The first-order valence-corrected chi connectivity index (χ1v) is 5.46. The standard InChI is InChI=1S/C11H16BrNO/c1-8(13-2)6-9-4-5-10(12)7-11(9)14-3/h4-5,7-8,13H,6H2,1-3H3. The Balaban J connectivity index is 2.85. The molecule has 14 heavy (non-hydrogen) atoms. The molecule has 1 unspecified atom stereocenters. The first-order valence-electron chi connectivity index (χ1n) is 4.67. The van der Waals surface area contributed by atoms with Gasteiger partial charge in [0.2, 0.25) is 0 Å². The Labute approximate surface area is 93.8 Å². The van der Waals surface area contributed by atoms with Crippen LogP contribution in [0.25, 0.3) is 0 Å². The smallest absolute Gasteiger partial charge is 0.123 e. The van der Waals surface area contributed by atoms with Gasteiger partial charge < -0.3 is 10.1 Å². The third-order valence-corrected chi connectivity index (χ3v) is 2.76. The molecule has 0 heterocycles. The maximum absolute atomic E-state index is 5.31. The van der Waals surface area contributed by atoms with E-state index in [0.717, 1.165) is 16.6 Å². The summed E-state index contributed by atoms with van der Waals surface area (Å²) in [6, 6.07) is 6.60. The van der Waals surface area contributed by atoms with Crippen molar-refractivity contribution in [3.63, 3.8) is 0 Å². The average Bonchev–Trinajstić information content (AvgIpc) is 2.20. The predicted octanol–water partition coefficient (Wildman–Crippen LogP) is 2.61. The van der Waals surface area contributed by atoms with E-state index < -0.39 is 0 Å². The van der Waals surface area contributed by atoms with Crippen LogP contribution < -0.4 is 10.1 Å². The lowest BCUT2D eigenvalue weighted by molar-refractivity contribution is 0.406. The minimum Gasteiger partial charge on any atom is -0.496 e. The quantitative estimate of drug-likeness (QED) is 0.896. The van der Waals surface area contributed by atoms with Crippen LogP contribution in [0.5, 0.6) is 5.75 Å². The Morgan fingerprint density at radius 1 is 1.50 bits per heavy atom. The highest BCUT2D eigenvalue weighted by atomic mass is 79.9. The second-order valence-electron chi connectivity index (χ2n) is 3.35. The fraction of sp³-hybridized carbons (Fsp3) is 0.455. The lowest BCUT2D eigenvalue weighted by Crippen LogP contribution is -2.23. The average molecular weight is 258 g/mol. The van der Waals surface area contributed by atoms with Crippen molar-refractivity contribution < 1.29 is 4.74 Å². The molecule has 3 heteroatoms. The zero-order valence-electron chi connectivity index (χ0n) is 8.80. The van der Waals surface area contributed by atoms with Crippen molar-refractivity contribution in [1.82, 2.24) is 5.32 Å². The highest BCUT2D eigenvalue weighted by molar-refractivity contribution is 9.10. The summed E-state index contributed by atoms with van der Waals surface area (Å²) < 4.78 is 6.36. The van der Waals surface area contributed by atoms with Crippen LogP contribution in [0.15, 0.2) is 22.7 Å². The molecule has 0 saturated heterocycles. The van der Waals surface area contributed by atoms with E-state index in [9.17, 15) is 0 Å². The molecule has 2 nitrogen and oxygen atoms in total. The number of hydrogen-bond donors (Lipinski definition) is 1. The SMILES string of the molecule is CNC(C)Cc1ccc(Br)cc1OC. The summed E-state index contributed by atoms with van der Waals surface area (Å²) in [6.07, 6.45) is 0.979. The zero-order chi connectivity index (χ0) is 10.6. The molecule has 0 aliphatic rings. The van der Waals surface area contributed by atoms with Crippen LogP contribution in [-0.4, -0.2) is 20.2 Å². The molecule has 1 N–H and O–H groups in total. The Kier molecular flexibility index (Phi) is 4.42. The van der Waals surface area contributed by atoms with E-state index >= 15 is 0 Å². The molecule has 0 radical (unpaired) electrons. The van der Waals surface area contributed by atoms with Crippen molar-refractivity contribution in [3.05, 3.63) is 28.2 Å². The van der Waals surface area contributed by atoms with Crippen molar-refractivity contribution in [3.8, 4) is 5.75 Å². The van der Waals surface area contributed by atoms with Gasteiger partial charge in [-0.15, -0.1) is 0 Å². The van der Waals surface area contributed by atoms with E-state index in [4.69, 9.17) is 4.74 Å². The van der Waals surface area contributed by atoms with Gasteiger partial charge in [-0.1, -0.05) is 22.0 Å². The van der Waals surface area contributed by atoms with Gasteiger partial charge in [0.05, 0.1) is 7.11 Å². The van der Waals surface area contributed by atoms with Gasteiger partial charge in [0.25, 0.3) is 0 Å². The number of nitrogens with one attached hydrogen (secondary N) is 1. The van der Waals surface area contributed by atoms with Crippen molar-refractivity contribution in [1.29, 1.82) is 0 Å². The fourth-order valence-electron chi connectivity index (χ4n) is 1.32. The number of benzene rings is 1. The van der Waals surface area contributed by atoms with Crippen molar-refractivity contribution in [2.75, 3.05) is 14.2 Å². The van der Waals surface area contributed by atoms with Crippen LogP contribution in [0.2, 0.25) is 0 Å². The van der Waals surface area contributed by atoms with Crippen LogP contribution in [0.3, 0.4) is 0 Å². The summed E-state index contributed by atoms with van der Waals surface area (Å²) in [5.41, 5.74) is 1.23. The van der Waals surface area contributed by atoms with E-state index in [1.54, 1.807) is 7.11 Å². The van der Waals surface area contributed by atoms with Gasteiger partial charge in [-0.05, 0) is 38.1 Å². The van der Waals surface area contributed by atoms with Gasteiger partial charge in [0.1, 0.15) is 5.75 Å². The second kappa shape index (κ2) is 5.37. The number of likely N-dealkylation sites (N-methyl/N-ethyl adjacent to an activating group) is 1. The van der Waals surface area contributed by atoms with Gasteiger partial charge in [-0.25, -0.2) is 0 Å². The molecule has 0 spiro atoms. The van der Waals surface area contributed by atoms with E-state index in [-0.39, 0.29) is 0 Å². The first-order chi connectivity index (χ1) is 6.67. The zero-order valence-corrected chi connectivity index (χ0v) is 10.4. The molecule has 1 aromatic carbocycles. The normalized spacial score (nSPS) is 12.6. The van der Waals surface area contributed by atoms with E-state index in [1.165, 1.54) is 5.56 Å². The number of hydrogen-bond acceptors (Lipinski definition) is 2. The lowest BCUT2D eigenvalue weighted by atomic mass is 10.1. The molecular weight excluding hydrogens is 242 g/mol. The second-order valence-corrected chi connectivity index (χ2v) is 4.27. The summed E-state index contributed by atoms with van der Waals surface area (Å²) in [5.74, 6) is 0.946. The topological polar surface area (TPSA) is 21.3 Å². The van der Waals surface area contributed by atoms with Gasteiger partial charge in [0.15, 0.2) is 0 Å². The van der Waals surface area contributed by atoms with Crippen molar-refractivity contribution >= 4 is 15.9 Å². The summed E-state index contributed by atoms with van der Waals surface area (Å²) in [5, 5.41) is 3.21. The molecule has 0 aromatic heterocycles. The van der Waals surface area contributed by atoms with Crippen molar-refractivity contribution in [2.24, 2.45) is 0 Å². The summed E-state index contributed by atoms with van der Waals surface area (Å²) in [7, 11) is 3.67. The Bertz CT molecular complexity index is 301. The fourth-order valence-corrected chi connectivity index (χ4v) is 1.66. The van der Waals surface area contributed by atoms with Crippen LogP contribution in [0.4, 0.5) is 0 Å². The lowest BCUT2D eigenvalue weighted by Gasteiger charge is -2.13. The Morgan fingerprint density at radius 3 is 2.79 bits per heavy atom. The third-order valence-electron chi connectivity index (χ3n) is 2.27. The molecule has 0 aliphatic carbocycles. The number of ether oxygens (including phenoxy) is 1. The largest absolute Gasteiger partial charge is 0.496 e. The van der Waals surface area contributed by atoms with Gasteiger partial charge in [-0.3, -0.25) is 0 Å². The van der Waals surface area contributed by atoms with Crippen molar-refractivity contribution in [2.45, 2.75) is 19.4 Å². The highest BCUT2D eigenvalue weighted by Crippen LogP contribution is 2.24. The number of halogens is 1. The van der Waals surface area contributed by atoms with Crippen LogP contribution >= 0.6 is 15.9 Å². The molecule has 0 bridgehead atoms. The minimum atomic E-state index is 0.463. The van der Waals surface area contributed by atoms with Gasteiger partial charge in [-0.2, -0.15) is 0 Å². The molecule has 1 aromatic rings. The molecule has 78 valence electrons. The number of rotatable bonds is 4. The van der Waals surface area contributed by atoms with E-state index in [2.05, 4.69) is 34.2 Å². The summed E-state index contributed by atoms with van der Waals surface area (Å²) >= 11 is 3.42. The highest BCUT2D eigenvalue weighted by Gasteiger charge is 2.06. The Hall–Kier alpha value is -0.540. The summed E-state index contributed by atoms with van der Waals surface area (Å²) in [6.45, 7) is 2.15. The molecular formula is C11H16BrNO. The molecule has 1 atom stereocenters. The van der Waals surface area contributed by atoms with Crippen LogP contribution in [-0.2, 0) is 6.42 Å². The Morgan fingerprint density at radius 2 is 2.21 bits per heavy atom. The first kappa shape index (κ1) is 11.5. The number of methoxy groups -OCH3 is 1. The van der Waals surface area contributed by atoms with Gasteiger partial charge in [0, 0.05) is 10.5 Å². The maximum Gasteiger partial charge on any atom is 0.123 e. The molecule has 0 amide bonds. The molecule has 0 fully saturated rings. The van der Waals surface area contributed by atoms with E-state index in [0.29, 0.717) is 6.04 Å². The molecule has 0 saturated carbocycles. The van der Waals surface area contributed by atoms with Gasteiger partial charge >= 0.3 is 0 Å².